The molecule has 1 aliphatic rings. The zero-order valence-corrected chi connectivity index (χ0v) is 6.43. The molecule has 1 nitrogen and oxygen atoms in total. The summed E-state index contributed by atoms with van der Waals surface area (Å²) in [6.07, 6.45) is 0. The van der Waals surface area contributed by atoms with Crippen LogP contribution in [-0.4, -0.2) is 23.6 Å². The average Bonchev–Trinajstić information content (AvgIpc) is 2.12. The summed E-state index contributed by atoms with van der Waals surface area (Å²) in [6.45, 7) is 0. The largest absolute Gasteiger partial charge is 0.380 e. The van der Waals surface area contributed by atoms with E-state index in [1.54, 1.807) is 0 Å². The van der Waals surface area contributed by atoms with E-state index in [-0.39, 0.29) is 0 Å². The fraction of sp³-hybridized carbons (Fsp3) is 0.500. The summed E-state index contributed by atoms with van der Waals surface area (Å²) in [5.41, 5.74) is 0. The number of carbonyl (C=O) groups excluding carboxylic acids is 1. The van der Waals surface area contributed by atoms with Crippen molar-refractivity contribution in [2.75, 3.05) is 0 Å². The molecule has 1 rings (SSSR count). The SMILES string of the molecule is O=C1C(F)(F)C(F)=C(F)C(F)(F)C1(F)F. The number of ketones is 1. The van der Waals surface area contributed by atoms with E-state index in [1.807, 2.05) is 0 Å². The molecule has 1 aliphatic carbocycles. The molecule has 0 heterocycles. The van der Waals surface area contributed by atoms with E-state index in [2.05, 4.69) is 0 Å². The smallest absolute Gasteiger partial charge is 0.285 e. The molecule has 9 heteroatoms. The number of rotatable bonds is 0. The van der Waals surface area contributed by atoms with Crippen molar-refractivity contribution in [1.82, 2.24) is 0 Å². The van der Waals surface area contributed by atoms with Crippen LogP contribution < -0.4 is 0 Å². The van der Waals surface area contributed by atoms with Gasteiger partial charge in [-0.3, -0.25) is 4.79 Å². The van der Waals surface area contributed by atoms with Crippen molar-refractivity contribution in [2.24, 2.45) is 0 Å². The average molecular weight is 240 g/mol. The molecule has 0 aliphatic heterocycles. The molecule has 0 aromatic heterocycles. The molecule has 0 bridgehead atoms. The first-order valence-electron chi connectivity index (χ1n) is 3.22. The Morgan fingerprint density at radius 2 is 1.13 bits per heavy atom. The molecule has 0 radical (unpaired) electrons. The minimum atomic E-state index is -5.98. The Morgan fingerprint density at radius 3 is 1.53 bits per heavy atom. The zero-order chi connectivity index (χ0) is 12.2. The molecule has 0 saturated heterocycles. The maximum absolute atomic E-state index is 12.3. The van der Waals surface area contributed by atoms with Gasteiger partial charge in [0.1, 0.15) is 0 Å². The zero-order valence-electron chi connectivity index (χ0n) is 6.43. The maximum atomic E-state index is 12.3. The second-order valence-electron chi connectivity index (χ2n) is 2.68. The van der Waals surface area contributed by atoms with Gasteiger partial charge in [0.05, 0.1) is 0 Å². The number of alkyl halides is 6. The van der Waals surface area contributed by atoms with Gasteiger partial charge in [-0.1, -0.05) is 0 Å². The summed E-state index contributed by atoms with van der Waals surface area (Å²) in [6, 6.07) is 0. The van der Waals surface area contributed by atoms with Gasteiger partial charge in [0.2, 0.25) is 11.7 Å². The predicted octanol–water partition coefficient (Wildman–Crippen LogP) is 2.63. The quantitative estimate of drug-likeness (QED) is 0.595. The summed E-state index contributed by atoms with van der Waals surface area (Å²) in [5, 5.41) is 0. The van der Waals surface area contributed by atoms with Crippen molar-refractivity contribution >= 4 is 5.78 Å². The third kappa shape index (κ3) is 1.18. The fourth-order valence-corrected chi connectivity index (χ4v) is 0.853. The van der Waals surface area contributed by atoms with Crippen LogP contribution in [0.1, 0.15) is 0 Å². The molecule has 0 aromatic rings. The fourth-order valence-electron chi connectivity index (χ4n) is 0.853. The van der Waals surface area contributed by atoms with Crippen LogP contribution in [0, 0.1) is 0 Å². The molecule has 0 unspecified atom stereocenters. The van der Waals surface area contributed by atoms with Gasteiger partial charge in [0, 0.05) is 0 Å². The van der Waals surface area contributed by atoms with Crippen LogP contribution in [-0.2, 0) is 4.79 Å². The molecule has 15 heavy (non-hydrogen) atoms. The van der Waals surface area contributed by atoms with Gasteiger partial charge in [-0.2, -0.15) is 26.3 Å². The summed E-state index contributed by atoms with van der Waals surface area (Å²) < 4.78 is 97.9. The second-order valence-corrected chi connectivity index (χ2v) is 2.68. The highest BCUT2D eigenvalue weighted by molar-refractivity contribution is 5.97. The third-order valence-electron chi connectivity index (χ3n) is 1.71. The first-order valence-corrected chi connectivity index (χ1v) is 3.22. The van der Waals surface area contributed by atoms with Gasteiger partial charge in [0.15, 0.2) is 0 Å². The summed E-state index contributed by atoms with van der Waals surface area (Å²) >= 11 is 0. The minimum absolute atomic E-state index is 3.48. The number of allylic oxidation sites excluding steroid dienone is 2. The number of hydrogen-bond acceptors (Lipinski definition) is 1. The highest BCUT2D eigenvalue weighted by atomic mass is 19.3. The van der Waals surface area contributed by atoms with Crippen molar-refractivity contribution in [3.05, 3.63) is 11.7 Å². The second kappa shape index (κ2) is 2.70. The maximum Gasteiger partial charge on any atom is 0.380 e. The van der Waals surface area contributed by atoms with Gasteiger partial charge < -0.3 is 0 Å². The Morgan fingerprint density at radius 1 is 0.733 bits per heavy atom. The summed E-state index contributed by atoms with van der Waals surface area (Å²) in [5.74, 6) is -28.2. The number of carbonyl (C=O) groups is 1. The molecule has 0 aromatic carbocycles. The van der Waals surface area contributed by atoms with E-state index in [4.69, 9.17) is 0 Å². The van der Waals surface area contributed by atoms with E-state index in [9.17, 15) is 39.9 Å². The topological polar surface area (TPSA) is 17.1 Å². The van der Waals surface area contributed by atoms with Crippen molar-refractivity contribution in [2.45, 2.75) is 17.8 Å². The summed E-state index contributed by atoms with van der Waals surface area (Å²) in [4.78, 5) is 10.1. The lowest BCUT2D eigenvalue weighted by atomic mass is 9.93. The van der Waals surface area contributed by atoms with Crippen LogP contribution in [0.4, 0.5) is 35.1 Å². The number of hydrogen-bond donors (Lipinski definition) is 0. The Bertz CT molecular complexity index is 354. The third-order valence-corrected chi connectivity index (χ3v) is 1.71. The van der Waals surface area contributed by atoms with Crippen LogP contribution in [0.3, 0.4) is 0 Å². The lowest BCUT2D eigenvalue weighted by Gasteiger charge is -2.31. The number of Topliss-reactive ketones (excluding diaryl/α,β-unsaturated/α-hetero) is 1. The molecule has 0 N–H and O–H groups in total. The van der Waals surface area contributed by atoms with E-state index in [1.165, 1.54) is 0 Å². The molecule has 0 spiro atoms. The van der Waals surface area contributed by atoms with E-state index >= 15 is 0 Å². The monoisotopic (exact) mass is 240 g/mol. The van der Waals surface area contributed by atoms with Gasteiger partial charge in [-0.05, 0) is 0 Å². The molecule has 0 saturated carbocycles. The predicted molar refractivity (Wildman–Crippen MR) is 29.1 cm³/mol. The van der Waals surface area contributed by atoms with Crippen LogP contribution >= 0.6 is 0 Å². The molecular weight excluding hydrogens is 240 g/mol. The van der Waals surface area contributed by atoms with Crippen molar-refractivity contribution in [1.29, 1.82) is 0 Å². The van der Waals surface area contributed by atoms with Crippen molar-refractivity contribution in [3.8, 4) is 0 Å². The highest BCUT2D eigenvalue weighted by Crippen LogP contribution is 2.52. The van der Waals surface area contributed by atoms with Crippen molar-refractivity contribution < 1.29 is 39.9 Å². The van der Waals surface area contributed by atoms with Gasteiger partial charge in [-0.25, -0.2) is 8.78 Å². The van der Waals surface area contributed by atoms with E-state index in [0.717, 1.165) is 0 Å². The molecule has 86 valence electrons. The van der Waals surface area contributed by atoms with Crippen LogP contribution in [0.15, 0.2) is 11.7 Å². The first-order chi connectivity index (χ1) is 6.47. The minimum Gasteiger partial charge on any atom is -0.285 e. The first kappa shape index (κ1) is 11.9. The number of halogens is 8. The van der Waals surface area contributed by atoms with E-state index < -0.39 is 35.2 Å². The Labute approximate surface area is 76.4 Å². The molecular formula is C6F8O. The normalized spacial score (nSPS) is 28.1. The Kier molecular flexibility index (Phi) is 2.15. The Balaban J connectivity index is 3.55. The lowest BCUT2D eigenvalue weighted by Crippen LogP contribution is -2.58. The van der Waals surface area contributed by atoms with Gasteiger partial charge in [-0.15, -0.1) is 0 Å². The highest BCUT2D eigenvalue weighted by Gasteiger charge is 2.76. The lowest BCUT2D eigenvalue weighted by molar-refractivity contribution is -0.225. The Hall–Kier alpha value is -1.15. The van der Waals surface area contributed by atoms with Crippen LogP contribution in [0.5, 0.6) is 0 Å². The van der Waals surface area contributed by atoms with Gasteiger partial charge in [0.25, 0.3) is 5.78 Å². The van der Waals surface area contributed by atoms with Crippen LogP contribution in [0.25, 0.3) is 0 Å². The summed E-state index contributed by atoms with van der Waals surface area (Å²) in [7, 11) is 0. The van der Waals surface area contributed by atoms with Gasteiger partial charge >= 0.3 is 17.8 Å². The van der Waals surface area contributed by atoms with Crippen molar-refractivity contribution in [3.63, 3.8) is 0 Å². The van der Waals surface area contributed by atoms with Crippen LogP contribution in [0.2, 0.25) is 0 Å². The molecule has 0 atom stereocenters. The molecule has 0 amide bonds. The standard InChI is InChI=1S/C6F8O/c7-1-2(8)5(11,12)6(13,14)3(15)4(1,9)10. The van der Waals surface area contributed by atoms with E-state index in [0.29, 0.717) is 0 Å². The molecule has 0 fully saturated rings.